The first-order valence-electron chi connectivity index (χ1n) is 6.82. The Balaban J connectivity index is 3.00. The van der Waals surface area contributed by atoms with Crippen LogP contribution in [0, 0.1) is 17.0 Å². The molecule has 0 unspecified atom stereocenters. The van der Waals surface area contributed by atoms with E-state index in [2.05, 4.69) is 5.32 Å². The van der Waals surface area contributed by atoms with Gasteiger partial charge in [-0.3, -0.25) is 10.1 Å². The minimum Gasteiger partial charge on any atom is -0.444 e. The number of carbonyl (C=O) groups excluding carboxylic acids is 2. The number of aryl methyl sites for hydroxylation is 1. The molecule has 1 rings (SSSR count). The Bertz CT molecular complexity index is 578. The third kappa shape index (κ3) is 5.16. The summed E-state index contributed by atoms with van der Waals surface area (Å²) in [5.74, 6) is 0. The lowest BCUT2D eigenvalue weighted by molar-refractivity contribution is -0.385. The summed E-state index contributed by atoms with van der Waals surface area (Å²) >= 11 is 0. The van der Waals surface area contributed by atoms with Gasteiger partial charge in [-0.25, -0.2) is 4.79 Å². The number of hydrogen-bond acceptors (Lipinski definition) is 5. The molecule has 7 nitrogen and oxygen atoms in total. The number of nitrogens with one attached hydrogen (secondary N) is 1. The van der Waals surface area contributed by atoms with Crippen LogP contribution in [0.3, 0.4) is 0 Å². The van der Waals surface area contributed by atoms with E-state index in [-0.39, 0.29) is 12.1 Å². The highest BCUT2D eigenvalue weighted by Gasteiger charge is 2.22. The summed E-state index contributed by atoms with van der Waals surface area (Å²) in [7, 11) is 0. The van der Waals surface area contributed by atoms with E-state index in [1.807, 2.05) is 0 Å². The molecule has 0 radical (unpaired) electrons. The van der Waals surface area contributed by atoms with Crippen LogP contribution in [0.2, 0.25) is 0 Å². The van der Waals surface area contributed by atoms with E-state index in [4.69, 9.17) is 4.74 Å². The zero-order valence-electron chi connectivity index (χ0n) is 13.1. The number of nitro groups is 1. The fraction of sp³-hybridized carbons (Fsp3) is 0.467. The topological polar surface area (TPSA) is 98.5 Å². The lowest BCUT2D eigenvalue weighted by Crippen LogP contribution is -2.35. The van der Waals surface area contributed by atoms with Gasteiger partial charge in [0, 0.05) is 18.1 Å². The molecule has 0 spiro atoms. The van der Waals surface area contributed by atoms with Gasteiger partial charge in [-0.15, -0.1) is 0 Å². The predicted molar refractivity (Wildman–Crippen MR) is 80.6 cm³/mol. The Morgan fingerprint density at radius 3 is 2.59 bits per heavy atom. The van der Waals surface area contributed by atoms with Crippen molar-refractivity contribution in [2.45, 2.75) is 45.8 Å². The van der Waals surface area contributed by atoms with Gasteiger partial charge >= 0.3 is 6.09 Å². The van der Waals surface area contributed by atoms with Gasteiger partial charge in [-0.1, -0.05) is 12.1 Å². The summed E-state index contributed by atoms with van der Waals surface area (Å²) < 4.78 is 5.14. The maximum atomic E-state index is 11.8. The van der Waals surface area contributed by atoms with Crippen LogP contribution in [0.5, 0.6) is 0 Å². The molecule has 0 aliphatic rings. The number of nitrogens with zero attached hydrogens (tertiary/aromatic N) is 1. The average Bonchev–Trinajstić information content (AvgIpc) is 2.36. The summed E-state index contributed by atoms with van der Waals surface area (Å²) in [6.07, 6.45) is -0.0322. The lowest BCUT2D eigenvalue weighted by Gasteiger charge is -2.23. The smallest absolute Gasteiger partial charge is 0.408 e. The molecular weight excluding hydrogens is 288 g/mol. The van der Waals surface area contributed by atoms with Crippen molar-refractivity contribution in [2.75, 3.05) is 0 Å². The Hall–Kier alpha value is -2.44. The van der Waals surface area contributed by atoms with Crippen molar-refractivity contribution in [1.82, 2.24) is 5.32 Å². The van der Waals surface area contributed by atoms with Crippen molar-refractivity contribution in [2.24, 2.45) is 0 Å². The van der Waals surface area contributed by atoms with Crippen LogP contribution in [-0.2, 0) is 9.53 Å². The molecule has 0 bridgehead atoms. The first-order chi connectivity index (χ1) is 10.1. The molecule has 1 amide bonds. The maximum Gasteiger partial charge on any atom is 0.408 e. The molecule has 0 aliphatic carbocycles. The van der Waals surface area contributed by atoms with E-state index in [9.17, 15) is 19.7 Å². The van der Waals surface area contributed by atoms with Gasteiger partial charge in [0.2, 0.25) is 0 Å². The Labute approximate surface area is 128 Å². The summed E-state index contributed by atoms with van der Waals surface area (Å²) in [5, 5.41) is 13.5. The second kappa shape index (κ2) is 7.02. The number of benzene rings is 1. The van der Waals surface area contributed by atoms with Crippen LogP contribution < -0.4 is 5.32 Å². The third-order valence-electron chi connectivity index (χ3n) is 2.86. The van der Waals surface area contributed by atoms with Gasteiger partial charge in [0.15, 0.2) is 0 Å². The van der Waals surface area contributed by atoms with Gasteiger partial charge in [0.25, 0.3) is 5.69 Å². The number of amides is 1. The molecule has 120 valence electrons. The molecule has 7 heteroatoms. The molecule has 22 heavy (non-hydrogen) atoms. The van der Waals surface area contributed by atoms with Crippen LogP contribution >= 0.6 is 0 Å². The molecule has 1 atom stereocenters. The number of ether oxygens (including phenoxy) is 1. The molecular formula is C15H20N2O5. The van der Waals surface area contributed by atoms with Crippen molar-refractivity contribution in [1.29, 1.82) is 0 Å². The number of carbonyl (C=O) groups is 2. The van der Waals surface area contributed by atoms with Crippen molar-refractivity contribution >= 4 is 18.1 Å². The molecule has 0 saturated carbocycles. The molecule has 1 aromatic rings. The van der Waals surface area contributed by atoms with Crippen molar-refractivity contribution < 1.29 is 19.2 Å². The summed E-state index contributed by atoms with van der Waals surface area (Å²) in [6, 6.07) is 3.92. The zero-order chi connectivity index (χ0) is 16.9. The van der Waals surface area contributed by atoms with Gasteiger partial charge < -0.3 is 14.8 Å². The highest BCUT2D eigenvalue weighted by Crippen LogP contribution is 2.25. The van der Waals surface area contributed by atoms with Crippen molar-refractivity contribution in [3.63, 3.8) is 0 Å². The van der Waals surface area contributed by atoms with E-state index in [0.29, 0.717) is 17.4 Å². The van der Waals surface area contributed by atoms with Crippen LogP contribution in [0.1, 0.15) is 44.4 Å². The van der Waals surface area contributed by atoms with Crippen LogP contribution in [-0.4, -0.2) is 22.9 Å². The monoisotopic (exact) mass is 308 g/mol. The lowest BCUT2D eigenvalue weighted by atomic mass is 10.0. The molecule has 0 aliphatic heterocycles. The van der Waals surface area contributed by atoms with Gasteiger partial charge in [-0.05, 0) is 33.3 Å². The quantitative estimate of drug-likeness (QED) is 0.512. The van der Waals surface area contributed by atoms with Gasteiger partial charge in [-0.2, -0.15) is 0 Å². The zero-order valence-corrected chi connectivity index (χ0v) is 13.1. The Morgan fingerprint density at radius 1 is 1.45 bits per heavy atom. The molecule has 0 heterocycles. The third-order valence-corrected chi connectivity index (χ3v) is 2.86. The summed E-state index contributed by atoms with van der Waals surface area (Å²) in [6.45, 7) is 6.78. The normalized spacial score (nSPS) is 12.4. The van der Waals surface area contributed by atoms with E-state index >= 15 is 0 Å². The Morgan fingerprint density at radius 2 is 2.09 bits per heavy atom. The van der Waals surface area contributed by atoms with E-state index in [1.54, 1.807) is 39.8 Å². The van der Waals surface area contributed by atoms with Crippen molar-refractivity contribution in [3.05, 3.63) is 39.4 Å². The van der Waals surface area contributed by atoms with Crippen LogP contribution in [0.15, 0.2) is 18.2 Å². The fourth-order valence-electron chi connectivity index (χ4n) is 1.86. The first kappa shape index (κ1) is 17.6. The average molecular weight is 308 g/mol. The SMILES string of the molecule is Cc1ccc([C@@H](CC=O)NC(=O)OC(C)(C)C)cc1[N+](=O)[O-]. The highest BCUT2D eigenvalue weighted by atomic mass is 16.6. The molecule has 0 saturated heterocycles. The molecule has 0 aromatic heterocycles. The number of nitro benzene ring substituents is 1. The van der Waals surface area contributed by atoms with Crippen LogP contribution in [0.4, 0.5) is 10.5 Å². The maximum absolute atomic E-state index is 11.8. The standard InChI is InChI=1S/C15H20N2O5/c1-10-5-6-11(9-13(10)17(20)21)12(7-8-18)16-14(19)22-15(2,3)4/h5-6,8-9,12H,7H2,1-4H3,(H,16,19)/t12-/m1/s1. The summed E-state index contributed by atoms with van der Waals surface area (Å²) in [4.78, 5) is 33.1. The predicted octanol–water partition coefficient (Wildman–Crippen LogP) is 3.06. The minimum absolute atomic E-state index is 0.000538. The van der Waals surface area contributed by atoms with E-state index in [0.717, 1.165) is 0 Å². The van der Waals surface area contributed by atoms with Crippen molar-refractivity contribution in [3.8, 4) is 0 Å². The molecule has 1 N–H and O–H groups in total. The van der Waals surface area contributed by atoms with Crippen LogP contribution in [0.25, 0.3) is 0 Å². The minimum atomic E-state index is -0.678. The molecule has 1 aromatic carbocycles. The highest BCUT2D eigenvalue weighted by molar-refractivity contribution is 5.69. The van der Waals surface area contributed by atoms with E-state index in [1.165, 1.54) is 6.07 Å². The second-order valence-electron chi connectivity index (χ2n) is 5.90. The summed E-state index contributed by atoms with van der Waals surface area (Å²) in [5.41, 5.74) is 0.264. The number of aldehydes is 1. The fourth-order valence-corrected chi connectivity index (χ4v) is 1.86. The first-order valence-corrected chi connectivity index (χ1v) is 6.82. The Kier molecular flexibility index (Phi) is 5.62. The number of rotatable bonds is 5. The van der Waals surface area contributed by atoms with Gasteiger partial charge in [0.1, 0.15) is 11.9 Å². The largest absolute Gasteiger partial charge is 0.444 e. The molecule has 0 fully saturated rings. The number of hydrogen-bond donors (Lipinski definition) is 1. The van der Waals surface area contributed by atoms with Gasteiger partial charge in [0.05, 0.1) is 11.0 Å². The van der Waals surface area contributed by atoms with E-state index < -0.39 is 22.7 Å². The number of alkyl carbamates (subject to hydrolysis) is 1. The second-order valence-corrected chi connectivity index (χ2v) is 5.90.